The maximum Gasteiger partial charge on any atom is 0.139 e. The van der Waals surface area contributed by atoms with Crippen molar-refractivity contribution >= 4 is 71.9 Å². The number of methoxy groups -OCH3 is 1. The molecule has 2 atom stereocenters. The Bertz CT molecular complexity index is 861. The van der Waals surface area contributed by atoms with Crippen LogP contribution in [0.3, 0.4) is 0 Å². The summed E-state index contributed by atoms with van der Waals surface area (Å²) >= 11 is 1.80. The first-order chi connectivity index (χ1) is 13.0. The molecule has 9 heteroatoms. The zero-order chi connectivity index (χ0) is 19.0. The molecule has 0 radical (unpaired) electrons. The Balaban J connectivity index is 0.00000150. The molecule has 1 aromatic heterocycles. The van der Waals surface area contributed by atoms with Gasteiger partial charge in [0.2, 0.25) is 0 Å². The Kier molecular flexibility index (Phi) is 10.5. The molecule has 0 bridgehead atoms. The van der Waals surface area contributed by atoms with Crippen LogP contribution in [0.15, 0.2) is 35.3 Å². The monoisotopic (exact) mass is 490 g/mol. The number of para-hydroxylation sites is 2. The highest BCUT2D eigenvalue weighted by Gasteiger charge is 2.30. The highest BCUT2D eigenvalue weighted by molar-refractivity contribution is 7.59. The van der Waals surface area contributed by atoms with Crippen molar-refractivity contribution in [2.75, 3.05) is 39.1 Å². The smallest absolute Gasteiger partial charge is 0.139 e. The lowest BCUT2D eigenvalue weighted by Crippen LogP contribution is -2.54. The Labute approximate surface area is 203 Å². The topological polar surface area (TPSA) is 40.1 Å². The number of hydrogen-bond acceptors (Lipinski definition) is 6. The molecule has 2 aliphatic heterocycles. The lowest BCUT2D eigenvalue weighted by Gasteiger charge is -2.41. The fourth-order valence-corrected chi connectivity index (χ4v) is 4.78. The maximum atomic E-state index is 5.52. The fraction of sp³-hybridized carbons (Fsp3) is 0.476. The highest BCUT2D eigenvalue weighted by atomic mass is 35.5. The molecule has 2 aliphatic rings. The minimum Gasteiger partial charge on any atom is -0.382 e. The average molecular weight is 492 g/mol. The minimum absolute atomic E-state index is 0. The Morgan fingerprint density at radius 2 is 2.00 bits per heavy atom. The van der Waals surface area contributed by atoms with E-state index in [1.807, 2.05) is 0 Å². The molecule has 1 aromatic carbocycles. The number of ether oxygens (including phenoxy) is 1. The van der Waals surface area contributed by atoms with Gasteiger partial charge in [-0.05, 0) is 45.5 Å². The second kappa shape index (κ2) is 11.6. The van der Waals surface area contributed by atoms with E-state index >= 15 is 0 Å². The molecular formula is C21H32Cl2N4OS2. The third kappa shape index (κ3) is 5.64. The van der Waals surface area contributed by atoms with E-state index in [1.54, 1.807) is 18.4 Å². The van der Waals surface area contributed by atoms with Crippen LogP contribution in [0.25, 0.3) is 0 Å². The number of nitrogens with one attached hydrogen (secondary N) is 1. The van der Waals surface area contributed by atoms with Crippen LogP contribution >= 0.6 is 49.6 Å². The van der Waals surface area contributed by atoms with E-state index in [4.69, 9.17) is 9.73 Å². The van der Waals surface area contributed by atoms with Crippen molar-refractivity contribution in [1.29, 1.82) is 0 Å². The van der Waals surface area contributed by atoms with Crippen LogP contribution in [0.4, 0.5) is 16.4 Å². The van der Waals surface area contributed by atoms with Crippen LogP contribution in [0.2, 0.25) is 0 Å². The molecule has 1 saturated heterocycles. The van der Waals surface area contributed by atoms with Crippen molar-refractivity contribution in [3.05, 3.63) is 40.8 Å². The number of benzene rings is 1. The highest BCUT2D eigenvalue weighted by Crippen LogP contribution is 2.39. The SMILES string of the molecule is COC(C)C[C@H]1CN(C2=Nc3ccccc3Nc3sc(C)cc32)CCN1C.Cl.Cl.S. The van der Waals surface area contributed by atoms with E-state index in [1.165, 1.54) is 15.4 Å². The van der Waals surface area contributed by atoms with Crippen LogP contribution in [-0.4, -0.2) is 61.6 Å². The van der Waals surface area contributed by atoms with Crippen molar-refractivity contribution in [3.8, 4) is 0 Å². The number of amidine groups is 1. The number of nitrogens with zero attached hydrogens (tertiary/aromatic N) is 3. The number of hydrogen-bond donors (Lipinski definition) is 1. The van der Waals surface area contributed by atoms with Gasteiger partial charge in [-0.3, -0.25) is 4.90 Å². The van der Waals surface area contributed by atoms with Crippen molar-refractivity contribution in [2.24, 2.45) is 4.99 Å². The number of halogens is 2. The van der Waals surface area contributed by atoms with E-state index in [2.05, 4.69) is 66.3 Å². The number of piperazine rings is 1. The van der Waals surface area contributed by atoms with Gasteiger partial charge in [-0.2, -0.15) is 13.5 Å². The van der Waals surface area contributed by atoms with E-state index in [0.29, 0.717) is 6.04 Å². The predicted molar refractivity (Wildman–Crippen MR) is 139 cm³/mol. The molecule has 1 unspecified atom stereocenters. The van der Waals surface area contributed by atoms with Gasteiger partial charge in [-0.1, -0.05) is 12.1 Å². The van der Waals surface area contributed by atoms with Crippen LogP contribution < -0.4 is 5.32 Å². The summed E-state index contributed by atoms with van der Waals surface area (Å²) in [6.07, 6.45) is 1.29. The largest absolute Gasteiger partial charge is 0.382 e. The van der Waals surface area contributed by atoms with Gasteiger partial charge in [0, 0.05) is 37.7 Å². The molecule has 0 aliphatic carbocycles. The third-order valence-electron chi connectivity index (χ3n) is 5.56. The second-order valence-corrected chi connectivity index (χ2v) is 8.80. The van der Waals surface area contributed by atoms with Crippen molar-refractivity contribution in [2.45, 2.75) is 32.4 Å². The lowest BCUT2D eigenvalue weighted by molar-refractivity contribution is 0.0565. The first-order valence-electron chi connectivity index (χ1n) is 9.58. The summed E-state index contributed by atoms with van der Waals surface area (Å²) in [5.74, 6) is 1.09. The van der Waals surface area contributed by atoms with E-state index in [-0.39, 0.29) is 44.4 Å². The summed E-state index contributed by atoms with van der Waals surface area (Å²) in [6, 6.07) is 11.0. The quantitative estimate of drug-likeness (QED) is 0.642. The third-order valence-corrected chi connectivity index (χ3v) is 6.52. The molecule has 1 N–H and O–H groups in total. The van der Waals surface area contributed by atoms with E-state index in [0.717, 1.165) is 43.3 Å². The van der Waals surface area contributed by atoms with E-state index in [9.17, 15) is 0 Å². The van der Waals surface area contributed by atoms with Crippen LogP contribution in [0.5, 0.6) is 0 Å². The van der Waals surface area contributed by atoms with Crippen molar-refractivity contribution < 1.29 is 4.74 Å². The van der Waals surface area contributed by atoms with Crippen molar-refractivity contribution in [1.82, 2.24) is 9.80 Å². The Morgan fingerprint density at radius 1 is 1.27 bits per heavy atom. The van der Waals surface area contributed by atoms with Gasteiger partial charge in [0.25, 0.3) is 0 Å². The van der Waals surface area contributed by atoms with Gasteiger partial charge in [-0.15, -0.1) is 36.2 Å². The number of fused-ring (bicyclic) bond motifs is 2. The summed E-state index contributed by atoms with van der Waals surface area (Å²) in [6.45, 7) is 7.31. The molecule has 1 fully saturated rings. The van der Waals surface area contributed by atoms with Gasteiger partial charge in [-0.25, -0.2) is 4.99 Å². The number of likely N-dealkylation sites (N-methyl/N-ethyl adjacent to an activating group) is 1. The molecule has 2 aromatic rings. The molecule has 0 amide bonds. The number of thiophene rings is 1. The summed E-state index contributed by atoms with van der Waals surface area (Å²) in [4.78, 5) is 11.3. The van der Waals surface area contributed by atoms with Gasteiger partial charge >= 0.3 is 0 Å². The van der Waals surface area contributed by atoms with Crippen LogP contribution in [-0.2, 0) is 4.74 Å². The number of anilines is 2. The number of aliphatic imine (C=N–C) groups is 1. The zero-order valence-electron chi connectivity index (χ0n) is 17.8. The standard InChI is InChI=1S/C21H28N4OS.2ClH.H2S/c1-14(26-4)11-16-13-25(10-9-24(16)3)20-17-12-15(2)27-21(17)23-19-8-6-5-7-18(19)22-20;;;/h5-8,12,14,16,23H,9-11,13H2,1-4H3;2*1H;1H2/t14?,16-;;;/m0.../s1. The average Bonchev–Trinajstić information content (AvgIpc) is 2.95. The number of rotatable bonds is 3. The van der Waals surface area contributed by atoms with Crippen LogP contribution in [0.1, 0.15) is 23.8 Å². The van der Waals surface area contributed by atoms with E-state index < -0.39 is 0 Å². The molecule has 168 valence electrons. The molecule has 0 saturated carbocycles. The Hall–Kier alpha value is -0.960. The first-order valence-corrected chi connectivity index (χ1v) is 10.4. The molecule has 4 rings (SSSR count). The van der Waals surface area contributed by atoms with Gasteiger partial charge in [0.1, 0.15) is 10.8 Å². The van der Waals surface area contributed by atoms with Gasteiger partial charge < -0.3 is 15.0 Å². The summed E-state index contributed by atoms with van der Waals surface area (Å²) < 4.78 is 5.52. The second-order valence-electron chi connectivity index (χ2n) is 7.54. The summed E-state index contributed by atoms with van der Waals surface area (Å²) in [5.41, 5.74) is 3.31. The zero-order valence-corrected chi connectivity index (χ0v) is 21.3. The van der Waals surface area contributed by atoms with Gasteiger partial charge in [0.05, 0.1) is 23.0 Å². The first kappa shape index (κ1) is 27.1. The molecular weight excluding hydrogens is 459 g/mol. The lowest BCUT2D eigenvalue weighted by atomic mass is 10.0. The fourth-order valence-electron chi connectivity index (χ4n) is 3.86. The van der Waals surface area contributed by atoms with Crippen molar-refractivity contribution in [3.63, 3.8) is 0 Å². The van der Waals surface area contributed by atoms with Gasteiger partial charge in [0.15, 0.2) is 0 Å². The predicted octanol–water partition coefficient (Wildman–Crippen LogP) is 5.19. The normalized spacial score (nSPS) is 18.9. The molecule has 30 heavy (non-hydrogen) atoms. The molecule has 0 spiro atoms. The molecule has 5 nitrogen and oxygen atoms in total. The molecule has 3 heterocycles. The maximum absolute atomic E-state index is 5.52. The van der Waals surface area contributed by atoms with Crippen LogP contribution in [0, 0.1) is 6.92 Å². The summed E-state index contributed by atoms with van der Waals surface area (Å²) in [7, 11) is 4.01. The number of aryl methyl sites for hydroxylation is 1. The summed E-state index contributed by atoms with van der Waals surface area (Å²) in [5, 5.41) is 4.79. The minimum atomic E-state index is 0. The Morgan fingerprint density at radius 3 is 2.73 bits per heavy atom.